The van der Waals surface area contributed by atoms with Crippen LogP contribution >= 0.6 is 0 Å². The molecule has 178 valence electrons. The van der Waals surface area contributed by atoms with Gasteiger partial charge in [0.25, 0.3) is 0 Å². The summed E-state index contributed by atoms with van der Waals surface area (Å²) in [7, 11) is 0. The van der Waals surface area contributed by atoms with Crippen molar-refractivity contribution in [1.29, 1.82) is 0 Å². The van der Waals surface area contributed by atoms with Crippen LogP contribution in [0.25, 0.3) is 21.8 Å². The number of fused-ring (bicyclic) bond motifs is 3. The molecule has 1 aromatic heterocycles. The van der Waals surface area contributed by atoms with Crippen LogP contribution in [-0.2, 0) is 32.0 Å². The summed E-state index contributed by atoms with van der Waals surface area (Å²) in [6, 6.07) is 14.8. The molecule has 1 aliphatic rings. The number of rotatable bonds is 7. The Kier molecular flexibility index (Phi) is 6.77. The maximum absolute atomic E-state index is 13.1. The molecule has 2 heterocycles. The smallest absolute Gasteiger partial charge is 0.336 e. The van der Waals surface area contributed by atoms with Gasteiger partial charge in [-0.05, 0) is 57.9 Å². The second-order valence-electron chi connectivity index (χ2n) is 8.53. The number of para-hydroxylation sites is 1. The molecule has 0 bridgehead atoms. The Hall–Kier alpha value is -3.54. The molecule has 34 heavy (non-hydrogen) atoms. The molecule has 3 aromatic rings. The van der Waals surface area contributed by atoms with Gasteiger partial charge in [-0.3, -0.25) is 0 Å². The van der Waals surface area contributed by atoms with Gasteiger partial charge in [-0.25, -0.2) is 9.59 Å². The molecular formula is C28H32N2O4. The highest BCUT2D eigenvalue weighted by molar-refractivity contribution is 6.08. The van der Waals surface area contributed by atoms with Crippen LogP contribution in [-0.4, -0.2) is 29.7 Å². The van der Waals surface area contributed by atoms with Crippen molar-refractivity contribution in [2.24, 2.45) is 5.92 Å². The second kappa shape index (κ2) is 9.75. The van der Waals surface area contributed by atoms with E-state index in [0.29, 0.717) is 29.1 Å². The maximum Gasteiger partial charge on any atom is 0.336 e. The lowest BCUT2D eigenvalue weighted by molar-refractivity contribution is -0.140. The van der Waals surface area contributed by atoms with Gasteiger partial charge < -0.3 is 19.4 Å². The molecular weight excluding hydrogens is 428 g/mol. The molecule has 0 spiro atoms. The Morgan fingerprint density at radius 1 is 0.853 bits per heavy atom. The second-order valence-corrected chi connectivity index (χ2v) is 8.53. The largest absolute Gasteiger partial charge is 0.463 e. The van der Waals surface area contributed by atoms with Gasteiger partial charge in [0.05, 0.1) is 24.4 Å². The Balaban J connectivity index is 1.93. The van der Waals surface area contributed by atoms with Gasteiger partial charge in [0.1, 0.15) is 0 Å². The van der Waals surface area contributed by atoms with Crippen molar-refractivity contribution in [1.82, 2.24) is 9.88 Å². The number of ether oxygens (including phenoxy) is 2. The first-order chi connectivity index (χ1) is 16.4. The van der Waals surface area contributed by atoms with Gasteiger partial charge >= 0.3 is 11.9 Å². The maximum atomic E-state index is 13.1. The summed E-state index contributed by atoms with van der Waals surface area (Å²) in [6.45, 7) is 10.3. The van der Waals surface area contributed by atoms with Crippen LogP contribution in [0.2, 0.25) is 0 Å². The SMILES string of the molecule is CCOC(=O)C1=C(C)NC(C)=C(C(=O)OCC)C1Cn1c2ccccc2c2cc(CC)ccc21. The summed E-state index contributed by atoms with van der Waals surface area (Å²) in [5, 5.41) is 5.52. The number of aryl methyl sites for hydroxylation is 1. The first-order valence-electron chi connectivity index (χ1n) is 11.9. The van der Waals surface area contributed by atoms with Gasteiger partial charge in [0.15, 0.2) is 0 Å². The van der Waals surface area contributed by atoms with Crippen molar-refractivity contribution in [3.8, 4) is 0 Å². The number of hydrogen-bond acceptors (Lipinski definition) is 5. The highest BCUT2D eigenvalue weighted by Gasteiger charge is 2.37. The molecule has 1 N–H and O–H groups in total. The number of nitrogens with zero attached hydrogens (tertiary/aromatic N) is 1. The minimum atomic E-state index is -0.510. The summed E-state index contributed by atoms with van der Waals surface area (Å²) < 4.78 is 13.0. The number of aromatic nitrogens is 1. The molecule has 0 fully saturated rings. The number of dihydropyridines is 1. The fourth-order valence-corrected chi connectivity index (χ4v) is 4.97. The van der Waals surface area contributed by atoms with E-state index in [0.717, 1.165) is 22.8 Å². The van der Waals surface area contributed by atoms with E-state index in [1.807, 2.05) is 26.0 Å². The predicted octanol–water partition coefficient (Wildman–Crippen LogP) is 5.25. The van der Waals surface area contributed by atoms with Crippen molar-refractivity contribution in [2.45, 2.75) is 47.6 Å². The van der Waals surface area contributed by atoms with Gasteiger partial charge in [0, 0.05) is 45.7 Å². The van der Waals surface area contributed by atoms with E-state index in [4.69, 9.17) is 9.47 Å². The number of nitrogens with one attached hydrogen (secondary N) is 1. The highest BCUT2D eigenvalue weighted by atomic mass is 16.5. The van der Waals surface area contributed by atoms with E-state index < -0.39 is 17.9 Å². The number of allylic oxidation sites excluding steroid dienone is 2. The molecule has 0 unspecified atom stereocenters. The van der Waals surface area contributed by atoms with Crippen molar-refractivity contribution >= 4 is 33.7 Å². The van der Waals surface area contributed by atoms with E-state index in [1.54, 1.807) is 13.8 Å². The average molecular weight is 461 g/mol. The van der Waals surface area contributed by atoms with E-state index in [1.165, 1.54) is 10.9 Å². The zero-order chi connectivity index (χ0) is 24.4. The van der Waals surface area contributed by atoms with Gasteiger partial charge in [-0.15, -0.1) is 0 Å². The van der Waals surface area contributed by atoms with E-state index >= 15 is 0 Å². The molecule has 0 saturated carbocycles. The van der Waals surface area contributed by atoms with Crippen LogP contribution in [0.5, 0.6) is 0 Å². The third-order valence-corrected chi connectivity index (χ3v) is 6.48. The zero-order valence-electron chi connectivity index (χ0n) is 20.5. The first kappa shape index (κ1) is 23.6. The highest BCUT2D eigenvalue weighted by Crippen LogP contribution is 2.37. The summed E-state index contributed by atoms with van der Waals surface area (Å²) in [5.74, 6) is -1.34. The normalized spacial score (nSPS) is 14.6. The van der Waals surface area contributed by atoms with Gasteiger partial charge in [-0.1, -0.05) is 31.2 Å². The predicted molar refractivity (Wildman–Crippen MR) is 134 cm³/mol. The Bertz CT molecular complexity index is 1290. The Morgan fingerprint density at radius 2 is 1.44 bits per heavy atom. The van der Waals surface area contributed by atoms with Gasteiger partial charge in [0.2, 0.25) is 0 Å². The van der Waals surface area contributed by atoms with Crippen molar-refractivity contribution < 1.29 is 19.1 Å². The summed E-state index contributed by atoms with van der Waals surface area (Å²) in [5.41, 5.74) is 5.72. The number of carbonyl (C=O) groups excluding carboxylic acids is 2. The van der Waals surface area contributed by atoms with Crippen molar-refractivity contribution in [3.05, 3.63) is 70.6 Å². The van der Waals surface area contributed by atoms with E-state index in [9.17, 15) is 9.59 Å². The van der Waals surface area contributed by atoms with Gasteiger partial charge in [-0.2, -0.15) is 0 Å². The molecule has 6 heteroatoms. The molecule has 1 aliphatic heterocycles. The van der Waals surface area contributed by atoms with Crippen molar-refractivity contribution in [2.75, 3.05) is 13.2 Å². The Morgan fingerprint density at radius 3 is 2.03 bits per heavy atom. The molecule has 0 amide bonds. The lowest BCUT2D eigenvalue weighted by atomic mass is 9.85. The summed E-state index contributed by atoms with van der Waals surface area (Å²) >= 11 is 0. The van der Waals surface area contributed by atoms with E-state index in [2.05, 4.69) is 47.1 Å². The third kappa shape index (κ3) is 4.09. The monoisotopic (exact) mass is 460 g/mol. The number of esters is 2. The Labute approximate surface area is 200 Å². The molecule has 4 rings (SSSR count). The van der Waals surface area contributed by atoms with Crippen LogP contribution in [0.3, 0.4) is 0 Å². The fraction of sp³-hybridized carbons (Fsp3) is 0.357. The minimum absolute atomic E-state index is 0.259. The zero-order valence-corrected chi connectivity index (χ0v) is 20.5. The summed E-state index contributed by atoms with van der Waals surface area (Å²) in [6.07, 6.45) is 0.952. The van der Waals surface area contributed by atoms with Crippen LogP contribution in [0.4, 0.5) is 0 Å². The number of carbonyl (C=O) groups is 2. The van der Waals surface area contributed by atoms with Crippen LogP contribution in [0, 0.1) is 5.92 Å². The van der Waals surface area contributed by atoms with Crippen LogP contribution in [0.15, 0.2) is 65.0 Å². The molecule has 0 radical (unpaired) electrons. The summed E-state index contributed by atoms with van der Waals surface area (Å²) in [4.78, 5) is 26.2. The van der Waals surface area contributed by atoms with Crippen LogP contribution in [0.1, 0.15) is 40.2 Å². The molecule has 2 aromatic carbocycles. The molecule has 6 nitrogen and oxygen atoms in total. The number of hydrogen-bond donors (Lipinski definition) is 1. The average Bonchev–Trinajstić information content (AvgIpc) is 3.12. The lowest BCUT2D eigenvalue weighted by Gasteiger charge is -2.30. The molecule has 0 aliphatic carbocycles. The minimum Gasteiger partial charge on any atom is -0.463 e. The lowest BCUT2D eigenvalue weighted by Crippen LogP contribution is -2.35. The third-order valence-electron chi connectivity index (χ3n) is 6.48. The molecule has 0 saturated heterocycles. The molecule has 0 atom stereocenters. The van der Waals surface area contributed by atoms with Crippen molar-refractivity contribution in [3.63, 3.8) is 0 Å². The fourth-order valence-electron chi connectivity index (χ4n) is 4.97. The number of benzene rings is 2. The van der Waals surface area contributed by atoms with E-state index in [-0.39, 0.29) is 13.2 Å². The topological polar surface area (TPSA) is 69.6 Å². The quantitative estimate of drug-likeness (QED) is 0.488. The standard InChI is InChI=1S/C28H32N2O4/c1-6-19-13-14-24-21(15-19)20-11-9-10-12-23(20)30(24)16-22-25(27(31)33-7-2)17(4)29-18(5)26(22)28(32)34-8-3/h9-15,22,29H,6-8,16H2,1-5H3. The van der Waals surface area contributed by atoms with Crippen LogP contribution < -0.4 is 5.32 Å². The first-order valence-corrected chi connectivity index (χ1v) is 11.9.